The highest BCUT2D eigenvalue weighted by molar-refractivity contribution is 5.82. The molecule has 126 valence electrons. The average Bonchev–Trinajstić information content (AvgIpc) is 2.58. The van der Waals surface area contributed by atoms with Crippen molar-refractivity contribution in [1.82, 2.24) is 5.32 Å². The third kappa shape index (κ3) is 5.33. The fraction of sp³-hybridized carbons (Fsp3) is 0.529. The number of benzene rings is 1. The maximum Gasteiger partial charge on any atom is 0.220 e. The van der Waals surface area contributed by atoms with Crippen LogP contribution in [0.2, 0.25) is 0 Å². The Morgan fingerprint density at radius 1 is 1.30 bits per heavy atom. The fourth-order valence-electron chi connectivity index (χ4n) is 2.55. The van der Waals surface area contributed by atoms with E-state index in [1.54, 1.807) is 0 Å². The van der Waals surface area contributed by atoms with Crippen LogP contribution in [-0.4, -0.2) is 44.0 Å². The zero-order chi connectivity index (χ0) is 16.7. The summed E-state index contributed by atoms with van der Waals surface area (Å²) in [4.78, 5) is 25.3. The second kappa shape index (κ2) is 8.64. The first-order valence-electron chi connectivity index (χ1n) is 8.01. The van der Waals surface area contributed by atoms with E-state index in [0.29, 0.717) is 13.0 Å². The standard InChI is InChI=1S/C17H25N3O3/c1-13(21)15(18)6-7-17(22)19-12-14-4-2-3-5-16(14)20-8-10-23-11-9-20/h2-5,15H,6-12,18H2,1H3,(H,19,22)/t15-/m0/s1. The Morgan fingerprint density at radius 2 is 2.00 bits per heavy atom. The number of ether oxygens (including phenoxy) is 1. The molecule has 1 saturated heterocycles. The van der Waals surface area contributed by atoms with Crippen LogP contribution in [0, 0.1) is 0 Å². The van der Waals surface area contributed by atoms with Gasteiger partial charge in [0.1, 0.15) is 5.78 Å². The lowest BCUT2D eigenvalue weighted by Crippen LogP contribution is -2.37. The van der Waals surface area contributed by atoms with E-state index in [2.05, 4.69) is 16.3 Å². The third-order valence-electron chi connectivity index (χ3n) is 4.02. The van der Waals surface area contributed by atoms with Crippen molar-refractivity contribution >= 4 is 17.4 Å². The number of carbonyl (C=O) groups excluding carboxylic acids is 2. The van der Waals surface area contributed by atoms with Gasteiger partial charge in [-0.3, -0.25) is 9.59 Å². The average molecular weight is 319 g/mol. The zero-order valence-electron chi connectivity index (χ0n) is 13.6. The quantitative estimate of drug-likeness (QED) is 0.778. The van der Waals surface area contributed by atoms with Gasteiger partial charge in [-0.1, -0.05) is 18.2 Å². The smallest absolute Gasteiger partial charge is 0.220 e. The molecular weight excluding hydrogens is 294 g/mol. The van der Waals surface area contributed by atoms with Crippen LogP contribution in [0.4, 0.5) is 5.69 Å². The van der Waals surface area contributed by atoms with Crippen LogP contribution < -0.4 is 16.0 Å². The first-order valence-corrected chi connectivity index (χ1v) is 8.01. The lowest BCUT2D eigenvalue weighted by atomic mass is 10.1. The summed E-state index contributed by atoms with van der Waals surface area (Å²) in [6, 6.07) is 7.51. The van der Waals surface area contributed by atoms with Gasteiger partial charge >= 0.3 is 0 Å². The Labute approximate surface area is 137 Å². The molecule has 1 heterocycles. The zero-order valence-corrected chi connectivity index (χ0v) is 13.6. The van der Waals surface area contributed by atoms with Crippen LogP contribution in [0.3, 0.4) is 0 Å². The topological polar surface area (TPSA) is 84.7 Å². The molecule has 6 heteroatoms. The molecule has 1 aliphatic rings. The number of carbonyl (C=O) groups is 2. The molecule has 23 heavy (non-hydrogen) atoms. The molecule has 0 radical (unpaired) electrons. The van der Waals surface area contributed by atoms with Gasteiger partial charge in [0.2, 0.25) is 5.91 Å². The van der Waals surface area contributed by atoms with Gasteiger partial charge in [-0.25, -0.2) is 0 Å². The van der Waals surface area contributed by atoms with E-state index in [1.165, 1.54) is 6.92 Å². The molecular formula is C17H25N3O3. The van der Waals surface area contributed by atoms with E-state index in [9.17, 15) is 9.59 Å². The van der Waals surface area contributed by atoms with E-state index < -0.39 is 6.04 Å². The molecule has 1 atom stereocenters. The highest BCUT2D eigenvalue weighted by Gasteiger charge is 2.15. The molecule has 0 aliphatic carbocycles. The summed E-state index contributed by atoms with van der Waals surface area (Å²) in [5.74, 6) is -0.172. The minimum atomic E-state index is -0.554. The lowest BCUT2D eigenvalue weighted by molar-refractivity contribution is -0.121. The van der Waals surface area contributed by atoms with Gasteiger partial charge < -0.3 is 20.7 Å². The van der Waals surface area contributed by atoms with Crippen molar-refractivity contribution < 1.29 is 14.3 Å². The molecule has 0 unspecified atom stereocenters. The number of nitrogens with zero attached hydrogens (tertiary/aromatic N) is 1. The van der Waals surface area contributed by atoms with Crippen LogP contribution >= 0.6 is 0 Å². The van der Waals surface area contributed by atoms with Gasteiger partial charge in [0.25, 0.3) is 0 Å². The summed E-state index contributed by atoms with van der Waals surface area (Å²) in [7, 11) is 0. The minimum Gasteiger partial charge on any atom is -0.378 e. The predicted octanol–water partition coefficient (Wildman–Crippen LogP) is 0.836. The number of anilines is 1. The number of para-hydroxylation sites is 1. The maximum atomic E-state index is 11.9. The van der Waals surface area contributed by atoms with Crippen molar-refractivity contribution in [3.63, 3.8) is 0 Å². The van der Waals surface area contributed by atoms with Crippen LogP contribution in [-0.2, 0) is 20.9 Å². The maximum absolute atomic E-state index is 11.9. The molecule has 1 fully saturated rings. The summed E-state index contributed by atoms with van der Waals surface area (Å²) in [6.45, 7) is 5.09. The van der Waals surface area contributed by atoms with Gasteiger partial charge in [-0.05, 0) is 25.0 Å². The van der Waals surface area contributed by atoms with E-state index in [1.807, 2.05) is 18.2 Å². The highest BCUT2D eigenvalue weighted by Crippen LogP contribution is 2.21. The Hall–Kier alpha value is -1.92. The highest BCUT2D eigenvalue weighted by atomic mass is 16.5. The summed E-state index contributed by atoms with van der Waals surface area (Å²) in [5.41, 5.74) is 7.86. The molecule has 0 aromatic heterocycles. The van der Waals surface area contributed by atoms with Crippen molar-refractivity contribution in [2.75, 3.05) is 31.2 Å². The van der Waals surface area contributed by atoms with Gasteiger partial charge in [-0.15, -0.1) is 0 Å². The van der Waals surface area contributed by atoms with E-state index >= 15 is 0 Å². The Balaban J connectivity index is 1.87. The molecule has 1 amide bonds. The number of amides is 1. The SMILES string of the molecule is CC(=O)[C@@H](N)CCC(=O)NCc1ccccc1N1CCOCC1. The second-order valence-electron chi connectivity index (χ2n) is 5.76. The van der Waals surface area contributed by atoms with E-state index in [-0.39, 0.29) is 18.1 Å². The number of hydrogen-bond donors (Lipinski definition) is 2. The lowest BCUT2D eigenvalue weighted by Gasteiger charge is -2.30. The largest absolute Gasteiger partial charge is 0.378 e. The number of ketones is 1. The van der Waals surface area contributed by atoms with Crippen LogP contribution in [0.5, 0.6) is 0 Å². The molecule has 1 aromatic rings. The molecule has 0 saturated carbocycles. The number of rotatable bonds is 7. The van der Waals surface area contributed by atoms with Crippen molar-refractivity contribution in [1.29, 1.82) is 0 Å². The van der Waals surface area contributed by atoms with Crippen molar-refractivity contribution in [3.8, 4) is 0 Å². The summed E-state index contributed by atoms with van der Waals surface area (Å²) >= 11 is 0. The van der Waals surface area contributed by atoms with Crippen molar-refractivity contribution in [3.05, 3.63) is 29.8 Å². The fourth-order valence-corrected chi connectivity index (χ4v) is 2.55. The Kier molecular flexibility index (Phi) is 6.55. The first-order chi connectivity index (χ1) is 11.1. The van der Waals surface area contributed by atoms with Gasteiger partial charge in [0.15, 0.2) is 0 Å². The van der Waals surface area contributed by atoms with Crippen LogP contribution in [0.25, 0.3) is 0 Å². The summed E-state index contributed by atoms with van der Waals surface area (Å²) in [6.07, 6.45) is 0.646. The van der Waals surface area contributed by atoms with Crippen molar-refractivity contribution in [2.24, 2.45) is 5.73 Å². The van der Waals surface area contributed by atoms with Gasteiger partial charge in [-0.2, -0.15) is 0 Å². The predicted molar refractivity (Wildman–Crippen MR) is 89.2 cm³/mol. The number of nitrogens with one attached hydrogen (secondary N) is 1. The third-order valence-corrected chi connectivity index (χ3v) is 4.02. The molecule has 0 bridgehead atoms. The van der Waals surface area contributed by atoms with Crippen LogP contribution in [0.1, 0.15) is 25.3 Å². The van der Waals surface area contributed by atoms with Crippen LogP contribution in [0.15, 0.2) is 24.3 Å². The number of nitrogens with two attached hydrogens (primary N) is 1. The van der Waals surface area contributed by atoms with E-state index in [4.69, 9.17) is 10.5 Å². The molecule has 1 aromatic carbocycles. The minimum absolute atomic E-state index is 0.0847. The molecule has 0 spiro atoms. The molecule has 6 nitrogen and oxygen atoms in total. The Bertz CT molecular complexity index is 542. The monoisotopic (exact) mass is 319 g/mol. The first kappa shape index (κ1) is 17.4. The number of Topliss-reactive ketones (excluding diaryl/α,β-unsaturated/α-hetero) is 1. The summed E-state index contributed by atoms with van der Waals surface area (Å²) in [5, 5.41) is 2.91. The Morgan fingerprint density at radius 3 is 2.70 bits per heavy atom. The van der Waals surface area contributed by atoms with E-state index in [0.717, 1.165) is 37.6 Å². The molecule has 3 N–H and O–H groups in total. The number of morpholine rings is 1. The van der Waals surface area contributed by atoms with Gasteiger partial charge in [0, 0.05) is 31.7 Å². The second-order valence-corrected chi connectivity index (χ2v) is 5.76. The van der Waals surface area contributed by atoms with Gasteiger partial charge in [0.05, 0.1) is 19.3 Å². The normalized spacial score (nSPS) is 16.0. The molecule has 2 rings (SSSR count). The number of hydrogen-bond acceptors (Lipinski definition) is 5. The summed E-state index contributed by atoms with van der Waals surface area (Å²) < 4.78 is 5.38. The van der Waals surface area contributed by atoms with Crippen molar-refractivity contribution in [2.45, 2.75) is 32.4 Å². The molecule has 1 aliphatic heterocycles.